The number of aromatic nitrogens is 3. The Morgan fingerprint density at radius 3 is 3.00 bits per heavy atom. The number of hydrogen-bond acceptors (Lipinski definition) is 3. The van der Waals surface area contributed by atoms with Crippen LogP contribution in [-0.4, -0.2) is 20.1 Å². The maximum absolute atomic E-state index is 13.7. The lowest BCUT2D eigenvalue weighted by molar-refractivity contribution is 0.433. The molecule has 17 heavy (non-hydrogen) atoms. The molecule has 2 heterocycles. The van der Waals surface area contributed by atoms with Crippen LogP contribution in [0.4, 0.5) is 4.39 Å². The third kappa shape index (κ3) is 1.52. The molecule has 4 nitrogen and oxygen atoms in total. The summed E-state index contributed by atoms with van der Waals surface area (Å²) in [6, 6.07) is 6.17. The van der Waals surface area contributed by atoms with Gasteiger partial charge in [0.2, 0.25) is 0 Å². The lowest BCUT2D eigenvalue weighted by Crippen LogP contribution is -1.90. The Bertz CT molecular complexity index is 693. The first-order valence-corrected chi connectivity index (χ1v) is 5.03. The number of halogens is 1. The Kier molecular flexibility index (Phi) is 2.04. The zero-order valence-corrected chi connectivity index (χ0v) is 8.68. The predicted octanol–water partition coefficient (Wildman–Crippen LogP) is 2.47. The second kappa shape index (κ2) is 3.55. The van der Waals surface area contributed by atoms with E-state index in [2.05, 4.69) is 15.0 Å². The van der Waals surface area contributed by atoms with Gasteiger partial charge in [0, 0.05) is 11.8 Å². The minimum atomic E-state index is -0.684. The lowest BCUT2D eigenvalue weighted by atomic mass is 10.1. The van der Waals surface area contributed by atoms with E-state index in [1.54, 1.807) is 24.4 Å². The second-order valence-electron chi connectivity index (χ2n) is 3.61. The van der Waals surface area contributed by atoms with Crippen LogP contribution < -0.4 is 0 Å². The number of aromatic hydroxyl groups is 1. The molecule has 2 aromatic heterocycles. The maximum Gasteiger partial charge on any atom is 0.174 e. The van der Waals surface area contributed by atoms with Gasteiger partial charge in [-0.2, -0.15) is 0 Å². The number of aromatic amines is 1. The number of phenolic OH excluding ortho intramolecular Hbond substituents is 1. The number of rotatable bonds is 1. The monoisotopic (exact) mass is 229 g/mol. The van der Waals surface area contributed by atoms with Gasteiger partial charge in [0.25, 0.3) is 0 Å². The Morgan fingerprint density at radius 2 is 2.12 bits per heavy atom. The summed E-state index contributed by atoms with van der Waals surface area (Å²) in [7, 11) is 0. The van der Waals surface area contributed by atoms with Crippen LogP contribution >= 0.6 is 0 Å². The first kappa shape index (κ1) is 9.77. The number of fused-ring (bicyclic) bond motifs is 1. The zero-order chi connectivity index (χ0) is 11.8. The van der Waals surface area contributed by atoms with Crippen molar-refractivity contribution in [3.63, 3.8) is 0 Å². The predicted molar refractivity (Wildman–Crippen MR) is 60.9 cm³/mol. The fourth-order valence-corrected chi connectivity index (χ4v) is 1.68. The molecule has 0 atom stereocenters. The second-order valence-corrected chi connectivity index (χ2v) is 3.61. The summed E-state index contributed by atoms with van der Waals surface area (Å²) in [5.41, 5.74) is 1.94. The van der Waals surface area contributed by atoms with Crippen LogP contribution in [-0.2, 0) is 0 Å². The Morgan fingerprint density at radius 1 is 1.24 bits per heavy atom. The highest BCUT2D eigenvalue weighted by atomic mass is 19.1. The van der Waals surface area contributed by atoms with E-state index in [1.165, 1.54) is 12.3 Å². The van der Waals surface area contributed by atoms with Crippen molar-refractivity contribution in [2.24, 2.45) is 0 Å². The van der Waals surface area contributed by atoms with Gasteiger partial charge in [0.05, 0.1) is 11.9 Å². The van der Waals surface area contributed by atoms with Crippen molar-refractivity contribution in [1.29, 1.82) is 0 Å². The summed E-state index contributed by atoms with van der Waals surface area (Å²) in [5.74, 6) is -1.07. The fourth-order valence-electron chi connectivity index (χ4n) is 1.68. The molecular weight excluding hydrogens is 221 g/mol. The first-order valence-electron chi connectivity index (χ1n) is 5.03. The van der Waals surface area contributed by atoms with E-state index >= 15 is 0 Å². The number of phenols is 1. The van der Waals surface area contributed by atoms with Crippen LogP contribution in [0.1, 0.15) is 0 Å². The smallest absolute Gasteiger partial charge is 0.174 e. The Hall–Kier alpha value is -2.43. The number of nitrogens with one attached hydrogen (secondary N) is 1. The molecule has 1 aromatic carbocycles. The van der Waals surface area contributed by atoms with Crippen LogP contribution in [0.2, 0.25) is 0 Å². The average Bonchev–Trinajstić information content (AvgIpc) is 2.79. The van der Waals surface area contributed by atoms with Crippen molar-refractivity contribution >= 4 is 11.2 Å². The minimum Gasteiger partial charge on any atom is -0.505 e. The summed E-state index contributed by atoms with van der Waals surface area (Å²) < 4.78 is 13.7. The number of hydrogen-bond donors (Lipinski definition) is 2. The molecule has 0 radical (unpaired) electrons. The molecule has 3 aromatic rings. The third-order valence-corrected chi connectivity index (χ3v) is 2.52. The van der Waals surface area contributed by atoms with Crippen molar-refractivity contribution in [3.05, 3.63) is 42.5 Å². The van der Waals surface area contributed by atoms with Crippen molar-refractivity contribution in [2.75, 3.05) is 0 Å². The molecule has 0 aliphatic heterocycles. The summed E-state index contributed by atoms with van der Waals surface area (Å²) in [4.78, 5) is 11.3. The molecule has 2 N–H and O–H groups in total. The lowest BCUT2D eigenvalue weighted by Gasteiger charge is -2.03. The molecule has 0 bridgehead atoms. The van der Waals surface area contributed by atoms with Gasteiger partial charge in [0.1, 0.15) is 5.52 Å². The van der Waals surface area contributed by atoms with Gasteiger partial charge in [0.15, 0.2) is 17.2 Å². The number of H-pyrrole nitrogens is 1. The molecule has 0 fully saturated rings. The molecule has 84 valence electrons. The maximum atomic E-state index is 13.7. The Balaban J connectivity index is 2.23. The van der Waals surface area contributed by atoms with E-state index in [4.69, 9.17) is 0 Å². The van der Waals surface area contributed by atoms with E-state index in [0.717, 1.165) is 0 Å². The molecule has 0 amide bonds. The topological polar surface area (TPSA) is 61.8 Å². The van der Waals surface area contributed by atoms with Crippen LogP contribution in [0.5, 0.6) is 5.75 Å². The summed E-state index contributed by atoms with van der Waals surface area (Å²) in [5, 5.41) is 9.31. The highest BCUT2D eigenvalue weighted by molar-refractivity contribution is 5.74. The van der Waals surface area contributed by atoms with E-state index in [0.29, 0.717) is 16.9 Å². The molecule has 0 unspecified atom stereocenters. The third-order valence-electron chi connectivity index (χ3n) is 2.52. The van der Waals surface area contributed by atoms with Gasteiger partial charge < -0.3 is 10.1 Å². The molecule has 0 saturated heterocycles. The van der Waals surface area contributed by atoms with Crippen molar-refractivity contribution in [1.82, 2.24) is 15.0 Å². The van der Waals surface area contributed by atoms with Gasteiger partial charge in [-0.15, -0.1) is 0 Å². The van der Waals surface area contributed by atoms with Crippen LogP contribution in [0, 0.1) is 5.82 Å². The molecule has 0 aliphatic rings. The number of nitrogens with zero attached hydrogens (tertiary/aromatic N) is 2. The standard InChI is InChI=1S/C12H8FN3O/c13-11-7(2-1-3-10(11)17)9-6-15-12-8(16-9)4-5-14-12/h1-6,17H,(H,14,15). The first-order chi connectivity index (χ1) is 8.25. The fraction of sp³-hybridized carbons (Fsp3) is 0. The van der Waals surface area contributed by atoms with E-state index < -0.39 is 11.6 Å². The molecule has 5 heteroatoms. The summed E-state index contributed by atoms with van der Waals surface area (Å²) in [6.45, 7) is 0. The van der Waals surface area contributed by atoms with Gasteiger partial charge in [-0.1, -0.05) is 6.07 Å². The Labute approximate surface area is 95.8 Å². The van der Waals surface area contributed by atoms with E-state index in [1.807, 2.05) is 0 Å². The van der Waals surface area contributed by atoms with Crippen LogP contribution in [0.3, 0.4) is 0 Å². The SMILES string of the molecule is Oc1cccc(-c2cnc3[nH]ccc3n2)c1F. The van der Waals surface area contributed by atoms with Crippen molar-refractivity contribution in [2.45, 2.75) is 0 Å². The quantitative estimate of drug-likeness (QED) is 0.673. The van der Waals surface area contributed by atoms with E-state index in [9.17, 15) is 9.50 Å². The van der Waals surface area contributed by atoms with Gasteiger partial charge >= 0.3 is 0 Å². The molecule has 0 saturated carbocycles. The highest BCUT2D eigenvalue weighted by Crippen LogP contribution is 2.27. The van der Waals surface area contributed by atoms with Crippen molar-refractivity contribution in [3.8, 4) is 17.0 Å². The molecule has 0 aliphatic carbocycles. The number of benzene rings is 1. The zero-order valence-electron chi connectivity index (χ0n) is 8.68. The summed E-state index contributed by atoms with van der Waals surface area (Å²) >= 11 is 0. The van der Waals surface area contributed by atoms with Gasteiger partial charge in [-0.3, -0.25) is 0 Å². The van der Waals surface area contributed by atoms with E-state index in [-0.39, 0.29) is 5.56 Å². The normalized spacial score (nSPS) is 10.9. The molecular formula is C12H8FN3O. The molecule has 3 rings (SSSR count). The summed E-state index contributed by atoms with van der Waals surface area (Å²) in [6.07, 6.45) is 3.18. The van der Waals surface area contributed by atoms with Gasteiger partial charge in [-0.05, 0) is 18.2 Å². The van der Waals surface area contributed by atoms with Crippen LogP contribution in [0.15, 0.2) is 36.7 Å². The highest BCUT2D eigenvalue weighted by Gasteiger charge is 2.11. The largest absolute Gasteiger partial charge is 0.505 e. The van der Waals surface area contributed by atoms with Crippen molar-refractivity contribution < 1.29 is 9.50 Å². The van der Waals surface area contributed by atoms with Gasteiger partial charge in [-0.25, -0.2) is 14.4 Å². The molecule has 0 spiro atoms. The minimum absolute atomic E-state index is 0.237. The average molecular weight is 229 g/mol. The van der Waals surface area contributed by atoms with Crippen LogP contribution in [0.25, 0.3) is 22.4 Å².